The average Bonchev–Trinajstić information content (AvgIpc) is 2.66. The van der Waals surface area contributed by atoms with Gasteiger partial charge < -0.3 is 10.6 Å². The van der Waals surface area contributed by atoms with Gasteiger partial charge in [-0.15, -0.1) is 0 Å². The summed E-state index contributed by atoms with van der Waals surface area (Å²) in [7, 11) is 4.08. The molecule has 18 heavy (non-hydrogen) atoms. The number of likely N-dealkylation sites (N-methyl/N-ethyl adjacent to an activating group) is 1. The molecule has 2 N–H and O–H groups in total. The molecular weight excluding hydrogens is 248 g/mol. The van der Waals surface area contributed by atoms with Gasteiger partial charge in [0.2, 0.25) is 0 Å². The molecule has 4 nitrogen and oxygen atoms in total. The van der Waals surface area contributed by atoms with Crippen LogP contribution in [0.15, 0.2) is 6.20 Å². The summed E-state index contributed by atoms with van der Waals surface area (Å²) in [6.45, 7) is 8.20. The quantitative estimate of drug-likeness (QED) is 0.866. The van der Waals surface area contributed by atoms with Gasteiger partial charge in [-0.05, 0) is 25.9 Å². The molecule has 0 saturated carbocycles. The summed E-state index contributed by atoms with van der Waals surface area (Å²) in [4.78, 5) is 2.12. The Morgan fingerprint density at radius 1 is 1.50 bits per heavy atom. The molecular formula is C13H25ClN4. The number of nitrogens with two attached hydrogens (primary N) is 1. The summed E-state index contributed by atoms with van der Waals surface area (Å²) in [5.74, 6) is 0. The maximum Gasteiger partial charge on any atom is 0.0834 e. The largest absolute Gasteiger partial charge is 0.322 e. The maximum atomic E-state index is 6.38. The van der Waals surface area contributed by atoms with Crippen LogP contribution in [-0.2, 0) is 6.54 Å². The van der Waals surface area contributed by atoms with E-state index in [1.165, 1.54) is 0 Å². The third-order valence-electron chi connectivity index (χ3n) is 3.64. The minimum atomic E-state index is -0.0975. The minimum Gasteiger partial charge on any atom is -0.322 e. The highest BCUT2D eigenvalue weighted by molar-refractivity contribution is 6.31. The lowest BCUT2D eigenvalue weighted by atomic mass is 9.81. The second kappa shape index (κ2) is 6.04. The van der Waals surface area contributed by atoms with Crippen LogP contribution in [0, 0.1) is 5.41 Å². The number of rotatable bonds is 6. The lowest BCUT2D eigenvalue weighted by molar-refractivity contribution is 0.262. The number of halogens is 1. The van der Waals surface area contributed by atoms with Gasteiger partial charge >= 0.3 is 0 Å². The zero-order chi connectivity index (χ0) is 13.9. The molecule has 1 aromatic rings. The number of aromatic nitrogens is 2. The van der Waals surface area contributed by atoms with Crippen molar-refractivity contribution < 1.29 is 0 Å². The Morgan fingerprint density at radius 2 is 2.11 bits per heavy atom. The van der Waals surface area contributed by atoms with Crippen molar-refractivity contribution in [2.45, 2.75) is 39.8 Å². The first-order valence-corrected chi connectivity index (χ1v) is 6.79. The zero-order valence-corrected chi connectivity index (χ0v) is 12.8. The first-order valence-electron chi connectivity index (χ1n) is 6.41. The lowest BCUT2D eigenvalue weighted by Crippen LogP contribution is -2.32. The predicted molar refractivity (Wildman–Crippen MR) is 76.8 cm³/mol. The molecule has 0 bridgehead atoms. The van der Waals surface area contributed by atoms with Crippen molar-refractivity contribution in [1.82, 2.24) is 14.7 Å². The van der Waals surface area contributed by atoms with Crippen LogP contribution >= 0.6 is 11.6 Å². The highest BCUT2D eigenvalue weighted by Crippen LogP contribution is 2.37. The molecule has 0 aliphatic rings. The maximum absolute atomic E-state index is 6.38. The summed E-state index contributed by atoms with van der Waals surface area (Å²) in [5, 5.41) is 5.00. The van der Waals surface area contributed by atoms with Crippen molar-refractivity contribution in [2.24, 2.45) is 11.1 Å². The summed E-state index contributed by atoms with van der Waals surface area (Å²) < 4.78 is 1.93. The van der Waals surface area contributed by atoms with E-state index in [1.807, 2.05) is 18.8 Å². The van der Waals surface area contributed by atoms with E-state index in [-0.39, 0.29) is 11.5 Å². The van der Waals surface area contributed by atoms with E-state index in [0.29, 0.717) is 5.02 Å². The molecule has 5 heteroatoms. The summed E-state index contributed by atoms with van der Waals surface area (Å²) in [6, 6.07) is -0.0975. The number of hydrogen-bond donors (Lipinski definition) is 1. The van der Waals surface area contributed by atoms with E-state index in [1.54, 1.807) is 6.20 Å². The molecule has 0 aliphatic heterocycles. The smallest absolute Gasteiger partial charge is 0.0834 e. The van der Waals surface area contributed by atoms with E-state index in [2.05, 4.69) is 30.8 Å². The topological polar surface area (TPSA) is 47.1 Å². The summed E-state index contributed by atoms with van der Waals surface area (Å²) in [5.41, 5.74) is 7.34. The normalized spacial score (nSPS) is 14.2. The van der Waals surface area contributed by atoms with Gasteiger partial charge in [0.15, 0.2) is 0 Å². The third-order valence-corrected chi connectivity index (χ3v) is 3.93. The molecule has 1 unspecified atom stereocenters. The molecule has 0 radical (unpaired) electrons. The fourth-order valence-electron chi connectivity index (χ4n) is 1.74. The second-order valence-electron chi connectivity index (χ2n) is 5.72. The molecule has 0 spiro atoms. The molecule has 1 aromatic heterocycles. The Hall–Kier alpha value is -0.580. The van der Waals surface area contributed by atoms with Crippen LogP contribution < -0.4 is 5.73 Å². The molecule has 0 fully saturated rings. The van der Waals surface area contributed by atoms with Crippen molar-refractivity contribution in [1.29, 1.82) is 0 Å². The van der Waals surface area contributed by atoms with Gasteiger partial charge in [0.25, 0.3) is 0 Å². The van der Waals surface area contributed by atoms with Crippen molar-refractivity contribution in [3.63, 3.8) is 0 Å². The third kappa shape index (κ3) is 3.46. The fraction of sp³-hybridized carbons (Fsp3) is 0.769. The first-order chi connectivity index (χ1) is 8.29. The van der Waals surface area contributed by atoms with Crippen molar-refractivity contribution in [3.05, 3.63) is 16.9 Å². The Morgan fingerprint density at radius 3 is 2.61 bits per heavy atom. The van der Waals surface area contributed by atoms with Gasteiger partial charge in [0.1, 0.15) is 0 Å². The van der Waals surface area contributed by atoms with Gasteiger partial charge in [-0.2, -0.15) is 5.10 Å². The van der Waals surface area contributed by atoms with Crippen LogP contribution in [0.1, 0.15) is 38.9 Å². The first kappa shape index (κ1) is 15.5. The van der Waals surface area contributed by atoms with E-state index in [9.17, 15) is 0 Å². The fourth-order valence-corrected chi connectivity index (χ4v) is 2.00. The summed E-state index contributed by atoms with van der Waals surface area (Å²) >= 11 is 6.24. The van der Waals surface area contributed by atoms with Crippen LogP contribution in [0.3, 0.4) is 0 Å². The van der Waals surface area contributed by atoms with E-state index >= 15 is 0 Å². The highest BCUT2D eigenvalue weighted by atomic mass is 35.5. The van der Waals surface area contributed by atoms with Gasteiger partial charge in [-0.25, -0.2) is 0 Å². The molecule has 0 amide bonds. The Balaban J connectivity index is 2.97. The van der Waals surface area contributed by atoms with Crippen LogP contribution in [0.4, 0.5) is 0 Å². The molecule has 0 saturated heterocycles. The van der Waals surface area contributed by atoms with Gasteiger partial charge in [0.05, 0.1) is 29.5 Å². The Labute approximate surface area is 115 Å². The van der Waals surface area contributed by atoms with E-state index in [4.69, 9.17) is 17.3 Å². The predicted octanol–water partition coefficient (Wildman–Crippen LogP) is 2.53. The minimum absolute atomic E-state index is 0.0134. The van der Waals surface area contributed by atoms with Gasteiger partial charge in [-0.3, -0.25) is 4.68 Å². The molecule has 1 heterocycles. The number of nitrogens with zero attached hydrogens (tertiary/aromatic N) is 3. The van der Waals surface area contributed by atoms with Gasteiger partial charge in [-0.1, -0.05) is 32.4 Å². The molecule has 0 aromatic carbocycles. The van der Waals surface area contributed by atoms with Gasteiger partial charge in [0, 0.05) is 6.54 Å². The van der Waals surface area contributed by atoms with E-state index < -0.39 is 0 Å². The van der Waals surface area contributed by atoms with Crippen LogP contribution in [-0.4, -0.2) is 35.3 Å². The molecule has 1 rings (SSSR count). The van der Waals surface area contributed by atoms with Crippen molar-refractivity contribution in [3.8, 4) is 0 Å². The standard InChI is InChI=1S/C13H25ClN4/c1-6-13(2,3)12(15)11-10(14)9-16-18(11)8-7-17(4)5/h9,12H,6-8,15H2,1-5H3. The average molecular weight is 273 g/mol. The van der Waals surface area contributed by atoms with Crippen LogP contribution in [0.5, 0.6) is 0 Å². The Kier molecular flexibility index (Phi) is 5.20. The molecule has 1 atom stereocenters. The second-order valence-corrected chi connectivity index (χ2v) is 6.13. The summed E-state index contributed by atoms with van der Waals surface area (Å²) in [6.07, 6.45) is 2.70. The van der Waals surface area contributed by atoms with Crippen LogP contribution in [0.25, 0.3) is 0 Å². The number of hydrogen-bond acceptors (Lipinski definition) is 3. The van der Waals surface area contributed by atoms with E-state index in [0.717, 1.165) is 25.2 Å². The zero-order valence-electron chi connectivity index (χ0n) is 12.1. The van der Waals surface area contributed by atoms with Crippen molar-refractivity contribution >= 4 is 11.6 Å². The monoisotopic (exact) mass is 272 g/mol. The SMILES string of the molecule is CCC(C)(C)C(N)c1c(Cl)cnn1CCN(C)C. The highest BCUT2D eigenvalue weighted by Gasteiger charge is 2.30. The lowest BCUT2D eigenvalue weighted by Gasteiger charge is -2.31. The molecule has 104 valence electrons. The Bertz CT molecular complexity index is 384. The van der Waals surface area contributed by atoms with Crippen molar-refractivity contribution in [2.75, 3.05) is 20.6 Å². The van der Waals surface area contributed by atoms with Crippen LogP contribution in [0.2, 0.25) is 5.02 Å². The molecule has 0 aliphatic carbocycles.